The first kappa shape index (κ1) is 22.2. The van der Waals surface area contributed by atoms with Gasteiger partial charge < -0.3 is 20.7 Å². The lowest BCUT2D eigenvalue weighted by Crippen LogP contribution is -2.34. The molecule has 2 aromatic heterocycles. The first-order valence-electron chi connectivity index (χ1n) is 10.4. The molecule has 33 heavy (non-hydrogen) atoms. The maximum atomic E-state index is 14.4. The van der Waals surface area contributed by atoms with Gasteiger partial charge in [0.05, 0.1) is 11.9 Å². The third-order valence-corrected chi connectivity index (χ3v) is 5.62. The van der Waals surface area contributed by atoms with Crippen molar-refractivity contribution in [2.24, 2.45) is 7.05 Å². The number of anilines is 1. The number of nitrogens with one attached hydrogen (secondary N) is 1. The van der Waals surface area contributed by atoms with E-state index in [2.05, 4.69) is 15.3 Å². The number of nitrogens with two attached hydrogens (primary N) is 1. The van der Waals surface area contributed by atoms with Crippen molar-refractivity contribution in [3.63, 3.8) is 0 Å². The molecule has 0 spiro atoms. The number of aliphatic hydroxyl groups excluding tert-OH is 1. The van der Waals surface area contributed by atoms with Gasteiger partial charge in [0.1, 0.15) is 17.7 Å². The van der Waals surface area contributed by atoms with Gasteiger partial charge in [0.25, 0.3) is 5.91 Å². The monoisotopic (exact) mass is 445 g/mol. The number of aryl methyl sites for hydroxylation is 1. The lowest BCUT2D eigenvalue weighted by molar-refractivity contribution is 0.00653. The second kappa shape index (κ2) is 9.22. The summed E-state index contributed by atoms with van der Waals surface area (Å²) in [5.41, 5.74) is 9.68. The maximum Gasteiger partial charge on any atom is 0.251 e. The highest BCUT2D eigenvalue weighted by Crippen LogP contribution is 2.35. The molecular formula is C25H24FN5O2. The molecule has 0 aliphatic heterocycles. The number of nitrogens with zero attached hydrogens (tertiary/aromatic N) is 3. The van der Waals surface area contributed by atoms with Gasteiger partial charge in [-0.05, 0) is 36.2 Å². The number of nitrogen functional groups attached to an aromatic ring is 1. The van der Waals surface area contributed by atoms with Crippen molar-refractivity contribution >= 4 is 11.7 Å². The minimum atomic E-state index is -2.34. The predicted octanol–water partition coefficient (Wildman–Crippen LogP) is 3.80. The van der Waals surface area contributed by atoms with Crippen molar-refractivity contribution in [3.8, 4) is 22.4 Å². The van der Waals surface area contributed by atoms with Crippen LogP contribution in [0.1, 0.15) is 27.8 Å². The average molecular weight is 445 g/mol. The van der Waals surface area contributed by atoms with E-state index < -0.39 is 18.3 Å². The number of benzene rings is 2. The summed E-state index contributed by atoms with van der Waals surface area (Å²) in [7, 11) is 1.90. The third kappa shape index (κ3) is 4.47. The van der Waals surface area contributed by atoms with Gasteiger partial charge in [-0.2, -0.15) is 0 Å². The summed E-state index contributed by atoms with van der Waals surface area (Å²) in [6.07, 6.45) is 1.05. The Morgan fingerprint density at radius 3 is 2.42 bits per heavy atom. The number of pyridine rings is 1. The molecule has 0 radical (unpaired) electrons. The molecule has 0 unspecified atom stereocenters. The van der Waals surface area contributed by atoms with Crippen LogP contribution in [0.3, 0.4) is 0 Å². The van der Waals surface area contributed by atoms with Crippen molar-refractivity contribution in [3.05, 3.63) is 90.0 Å². The molecule has 7 nitrogen and oxygen atoms in total. The molecule has 4 N–H and O–H groups in total. The van der Waals surface area contributed by atoms with E-state index in [4.69, 9.17) is 5.73 Å². The SMILES string of the molecule is Cc1ncc(-c2cnc(N)c(-c3ccccc3[C@H](NC(=O)c3ccccc3)[C@@H](O)F)c2)n1C. The van der Waals surface area contributed by atoms with Gasteiger partial charge in [-0.3, -0.25) is 4.79 Å². The topological polar surface area (TPSA) is 106 Å². The molecule has 0 saturated heterocycles. The Balaban J connectivity index is 1.77. The third-order valence-electron chi connectivity index (χ3n) is 5.62. The van der Waals surface area contributed by atoms with Crippen LogP contribution in [-0.2, 0) is 7.05 Å². The molecule has 0 aliphatic carbocycles. The highest BCUT2D eigenvalue weighted by atomic mass is 19.1. The number of hydrogen-bond donors (Lipinski definition) is 3. The summed E-state index contributed by atoms with van der Waals surface area (Å²) in [4.78, 5) is 21.3. The van der Waals surface area contributed by atoms with Gasteiger partial charge in [-0.25, -0.2) is 14.4 Å². The lowest BCUT2D eigenvalue weighted by atomic mass is 9.93. The summed E-state index contributed by atoms with van der Waals surface area (Å²) in [6.45, 7) is 1.90. The van der Waals surface area contributed by atoms with Gasteiger partial charge in [-0.1, -0.05) is 42.5 Å². The number of alkyl halides is 1. The second-order valence-corrected chi connectivity index (χ2v) is 7.68. The number of carbonyl (C=O) groups is 1. The zero-order valence-corrected chi connectivity index (χ0v) is 18.2. The fourth-order valence-electron chi connectivity index (χ4n) is 3.72. The van der Waals surface area contributed by atoms with Crippen LogP contribution in [0, 0.1) is 6.92 Å². The summed E-state index contributed by atoms with van der Waals surface area (Å²) in [6, 6.07) is 15.9. The van der Waals surface area contributed by atoms with Crippen LogP contribution < -0.4 is 11.1 Å². The molecule has 4 rings (SSSR count). The second-order valence-electron chi connectivity index (χ2n) is 7.68. The largest absolute Gasteiger partial charge is 0.383 e. The number of carbonyl (C=O) groups excluding carboxylic acids is 1. The van der Waals surface area contributed by atoms with Gasteiger partial charge >= 0.3 is 0 Å². The Hall–Kier alpha value is -4.04. The number of aromatic nitrogens is 3. The van der Waals surface area contributed by atoms with Crippen LogP contribution in [0.15, 0.2) is 73.1 Å². The van der Waals surface area contributed by atoms with E-state index in [9.17, 15) is 14.3 Å². The molecule has 4 aromatic rings. The van der Waals surface area contributed by atoms with E-state index in [0.717, 1.165) is 17.1 Å². The molecule has 0 saturated carbocycles. The molecule has 0 aliphatic rings. The maximum absolute atomic E-state index is 14.4. The zero-order chi connectivity index (χ0) is 23.5. The van der Waals surface area contributed by atoms with Crippen LogP contribution in [0.25, 0.3) is 22.4 Å². The van der Waals surface area contributed by atoms with Crippen molar-refractivity contribution in [2.75, 3.05) is 5.73 Å². The Labute approximate surface area is 190 Å². The van der Waals surface area contributed by atoms with Crippen molar-refractivity contribution in [2.45, 2.75) is 19.3 Å². The number of rotatable bonds is 6. The quantitative estimate of drug-likeness (QED) is 0.419. The molecule has 168 valence electrons. The fourth-order valence-corrected chi connectivity index (χ4v) is 3.72. The Kier molecular flexibility index (Phi) is 6.19. The Bertz CT molecular complexity index is 1290. The molecule has 2 atom stereocenters. The van der Waals surface area contributed by atoms with E-state index in [-0.39, 0.29) is 5.82 Å². The minimum Gasteiger partial charge on any atom is -0.383 e. The normalized spacial score (nSPS) is 12.8. The number of halogens is 1. The van der Waals surface area contributed by atoms with Crippen LogP contribution in [0.2, 0.25) is 0 Å². The first-order valence-corrected chi connectivity index (χ1v) is 10.4. The molecule has 2 aromatic carbocycles. The van der Waals surface area contributed by atoms with Gasteiger partial charge in [-0.15, -0.1) is 0 Å². The summed E-state index contributed by atoms with van der Waals surface area (Å²) < 4.78 is 16.3. The summed E-state index contributed by atoms with van der Waals surface area (Å²) in [5.74, 6) is 0.580. The average Bonchev–Trinajstić information content (AvgIpc) is 3.16. The Morgan fingerprint density at radius 1 is 1.06 bits per heavy atom. The van der Waals surface area contributed by atoms with Crippen LogP contribution in [0.5, 0.6) is 0 Å². The van der Waals surface area contributed by atoms with Gasteiger partial charge in [0, 0.05) is 29.9 Å². The van der Waals surface area contributed by atoms with E-state index in [1.165, 1.54) is 0 Å². The lowest BCUT2D eigenvalue weighted by Gasteiger charge is -2.23. The number of amides is 1. The van der Waals surface area contributed by atoms with Crippen molar-refractivity contribution < 1.29 is 14.3 Å². The molecule has 0 fully saturated rings. The number of imidazole rings is 1. The smallest absolute Gasteiger partial charge is 0.251 e. The Morgan fingerprint density at radius 2 is 1.76 bits per heavy atom. The van der Waals surface area contributed by atoms with Gasteiger partial charge in [0.15, 0.2) is 0 Å². The van der Waals surface area contributed by atoms with Crippen LogP contribution in [0.4, 0.5) is 10.2 Å². The highest BCUT2D eigenvalue weighted by Gasteiger charge is 2.27. The van der Waals surface area contributed by atoms with Crippen LogP contribution in [-0.4, -0.2) is 31.9 Å². The molecule has 2 heterocycles. The van der Waals surface area contributed by atoms with Crippen molar-refractivity contribution in [1.29, 1.82) is 0 Å². The highest BCUT2D eigenvalue weighted by molar-refractivity contribution is 5.94. The standard InChI is InChI=1S/C25H24FN5O2/c1-15-28-14-21(31(15)2)17-12-20(24(27)29-13-17)18-10-6-7-11-19(18)22(23(26)32)30-25(33)16-8-4-3-5-9-16/h3-14,22-23,32H,1-2H3,(H2,27,29)(H,30,33)/t22-,23+/m0/s1. The molecular weight excluding hydrogens is 421 g/mol. The fraction of sp³-hybridized carbons (Fsp3) is 0.160. The molecule has 1 amide bonds. The van der Waals surface area contributed by atoms with E-state index in [1.807, 2.05) is 24.6 Å². The zero-order valence-electron chi connectivity index (χ0n) is 18.2. The van der Waals surface area contributed by atoms with Crippen molar-refractivity contribution in [1.82, 2.24) is 19.9 Å². The first-order chi connectivity index (χ1) is 15.9. The summed E-state index contributed by atoms with van der Waals surface area (Å²) >= 11 is 0. The number of aliphatic hydroxyl groups is 1. The van der Waals surface area contributed by atoms with E-state index in [0.29, 0.717) is 22.3 Å². The summed E-state index contributed by atoms with van der Waals surface area (Å²) in [5, 5.41) is 12.5. The molecule has 8 heteroatoms. The van der Waals surface area contributed by atoms with E-state index >= 15 is 0 Å². The minimum absolute atomic E-state index is 0.242. The number of hydrogen-bond acceptors (Lipinski definition) is 5. The molecule has 0 bridgehead atoms. The predicted molar refractivity (Wildman–Crippen MR) is 125 cm³/mol. The van der Waals surface area contributed by atoms with Crippen LogP contribution >= 0.6 is 0 Å². The van der Waals surface area contributed by atoms with Gasteiger partial charge in [0.2, 0.25) is 6.36 Å². The van der Waals surface area contributed by atoms with E-state index in [1.54, 1.807) is 67.0 Å².